The summed E-state index contributed by atoms with van der Waals surface area (Å²) in [6.45, 7) is 1.49. The predicted molar refractivity (Wildman–Crippen MR) is 104 cm³/mol. The van der Waals surface area contributed by atoms with Crippen molar-refractivity contribution < 1.29 is 22.7 Å². The predicted octanol–water partition coefficient (Wildman–Crippen LogP) is 3.10. The van der Waals surface area contributed by atoms with Crippen molar-refractivity contribution in [1.29, 1.82) is 0 Å². The SMILES string of the molecule is C[C@H](OC(=O)c1ccc2ncsc2c1)C(=O)c1ccc(NS(C)(=O)=O)cc1. The summed E-state index contributed by atoms with van der Waals surface area (Å²) >= 11 is 1.41. The van der Waals surface area contributed by atoms with Crippen LogP contribution in [0.4, 0.5) is 5.69 Å². The zero-order valence-electron chi connectivity index (χ0n) is 14.5. The Balaban J connectivity index is 1.68. The van der Waals surface area contributed by atoms with Crippen molar-refractivity contribution in [3.63, 3.8) is 0 Å². The molecule has 1 heterocycles. The van der Waals surface area contributed by atoms with E-state index in [4.69, 9.17) is 4.74 Å². The summed E-state index contributed by atoms with van der Waals surface area (Å²) in [5.41, 5.74) is 3.49. The van der Waals surface area contributed by atoms with Gasteiger partial charge in [0.15, 0.2) is 6.10 Å². The number of rotatable bonds is 6. The molecule has 3 rings (SSSR count). The second-order valence-electron chi connectivity index (χ2n) is 5.90. The third kappa shape index (κ3) is 4.69. The Morgan fingerprint density at radius 3 is 2.44 bits per heavy atom. The van der Waals surface area contributed by atoms with Gasteiger partial charge in [-0.2, -0.15) is 0 Å². The fourth-order valence-electron chi connectivity index (χ4n) is 2.42. The van der Waals surface area contributed by atoms with Crippen molar-refractivity contribution >= 4 is 49.0 Å². The van der Waals surface area contributed by atoms with E-state index in [-0.39, 0.29) is 5.78 Å². The Kier molecular flexibility index (Phi) is 5.24. The van der Waals surface area contributed by atoms with Crippen LogP contribution in [0.15, 0.2) is 48.0 Å². The van der Waals surface area contributed by atoms with E-state index in [9.17, 15) is 18.0 Å². The first-order chi connectivity index (χ1) is 12.7. The van der Waals surface area contributed by atoms with E-state index in [0.717, 1.165) is 16.5 Å². The van der Waals surface area contributed by atoms with Gasteiger partial charge in [-0.05, 0) is 49.4 Å². The van der Waals surface area contributed by atoms with E-state index in [1.807, 2.05) is 0 Å². The molecule has 1 N–H and O–H groups in total. The van der Waals surface area contributed by atoms with E-state index >= 15 is 0 Å². The molecule has 27 heavy (non-hydrogen) atoms. The van der Waals surface area contributed by atoms with Crippen LogP contribution in [-0.2, 0) is 14.8 Å². The van der Waals surface area contributed by atoms with E-state index < -0.39 is 22.1 Å². The van der Waals surface area contributed by atoms with Gasteiger partial charge in [-0.1, -0.05) is 0 Å². The molecular formula is C18H16N2O5S2. The Bertz CT molecular complexity index is 1100. The highest BCUT2D eigenvalue weighted by atomic mass is 32.2. The third-order valence-corrected chi connectivity index (χ3v) is 5.09. The molecule has 2 aromatic carbocycles. The molecule has 0 spiro atoms. The zero-order chi connectivity index (χ0) is 19.6. The first kappa shape index (κ1) is 19.0. The number of anilines is 1. The minimum atomic E-state index is -3.39. The van der Waals surface area contributed by atoms with Crippen molar-refractivity contribution in [2.75, 3.05) is 11.0 Å². The lowest BCUT2D eigenvalue weighted by Crippen LogP contribution is -2.24. The fraction of sp³-hybridized carbons (Fsp3) is 0.167. The second-order valence-corrected chi connectivity index (χ2v) is 8.53. The summed E-state index contributed by atoms with van der Waals surface area (Å²) in [5, 5.41) is 0. The fourth-order valence-corrected chi connectivity index (χ4v) is 3.70. The van der Waals surface area contributed by atoms with Gasteiger partial charge >= 0.3 is 5.97 Å². The van der Waals surface area contributed by atoms with Crippen LogP contribution in [0.25, 0.3) is 10.2 Å². The molecule has 0 aliphatic heterocycles. The average molecular weight is 404 g/mol. The summed E-state index contributed by atoms with van der Waals surface area (Å²) in [6, 6.07) is 10.9. The van der Waals surface area contributed by atoms with Gasteiger partial charge in [-0.15, -0.1) is 11.3 Å². The number of hydrogen-bond donors (Lipinski definition) is 1. The van der Waals surface area contributed by atoms with Crippen LogP contribution in [0.3, 0.4) is 0 Å². The van der Waals surface area contributed by atoms with Crippen LogP contribution in [-0.4, -0.2) is 37.5 Å². The minimum absolute atomic E-state index is 0.312. The van der Waals surface area contributed by atoms with E-state index in [0.29, 0.717) is 16.8 Å². The number of nitrogens with one attached hydrogen (secondary N) is 1. The van der Waals surface area contributed by atoms with Crippen molar-refractivity contribution in [2.45, 2.75) is 13.0 Å². The number of sulfonamides is 1. The van der Waals surface area contributed by atoms with E-state index in [1.165, 1.54) is 42.5 Å². The van der Waals surface area contributed by atoms with Gasteiger partial charge in [0.1, 0.15) is 0 Å². The van der Waals surface area contributed by atoms with E-state index in [2.05, 4.69) is 9.71 Å². The molecule has 0 amide bonds. The van der Waals surface area contributed by atoms with Crippen molar-refractivity contribution in [3.8, 4) is 0 Å². The van der Waals surface area contributed by atoms with Crippen LogP contribution in [0, 0.1) is 0 Å². The molecule has 3 aromatic rings. The number of Topliss-reactive ketones (excluding diaryl/α,β-unsaturated/α-hetero) is 1. The van der Waals surface area contributed by atoms with Crippen LogP contribution >= 0.6 is 11.3 Å². The second kappa shape index (κ2) is 7.45. The van der Waals surface area contributed by atoms with Crippen molar-refractivity contribution in [2.24, 2.45) is 0 Å². The number of carbonyl (C=O) groups excluding carboxylic acids is 2. The maximum atomic E-state index is 12.5. The molecule has 1 aromatic heterocycles. The summed E-state index contributed by atoms with van der Waals surface area (Å²) in [7, 11) is -3.39. The normalized spacial score (nSPS) is 12.5. The lowest BCUT2D eigenvalue weighted by Gasteiger charge is -2.13. The van der Waals surface area contributed by atoms with Crippen LogP contribution in [0.2, 0.25) is 0 Å². The Morgan fingerprint density at radius 1 is 1.11 bits per heavy atom. The Labute approximate surface area is 160 Å². The number of fused-ring (bicyclic) bond motifs is 1. The number of aromatic nitrogens is 1. The highest BCUT2D eigenvalue weighted by Gasteiger charge is 2.21. The molecule has 0 saturated heterocycles. The first-order valence-electron chi connectivity index (χ1n) is 7.89. The molecule has 9 heteroatoms. The highest BCUT2D eigenvalue weighted by Crippen LogP contribution is 2.20. The topological polar surface area (TPSA) is 102 Å². The molecular weight excluding hydrogens is 388 g/mol. The van der Waals surface area contributed by atoms with Gasteiger partial charge in [0.05, 0.1) is 27.5 Å². The molecule has 0 saturated carbocycles. The number of ether oxygens (including phenoxy) is 1. The Morgan fingerprint density at radius 2 is 1.78 bits per heavy atom. The Hall–Kier alpha value is -2.78. The molecule has 0 radical (unpaired) electrons. The van der Waals surface area contributed by atoms with Gasteiger partial charge in [-0.3, -0.25) is 9.52 Å². The third-order valence-electron chi connectivity index (χ3n) is 3.69. The lowest BCUT2D eigenvalue weighted by molar-refractivity contribution is 0.0319. The van der Waals surface area contributed by atoms with Gasteiger partial charge in [0, 0.05) is 11.3 Å². The van der Waals surface area contributed by atoms with Gasteiger partial charge in [0.25, 0.3) is 0 Å². The number of carbonyl (C=O) groups is 2. The first-order valence-corrected chi connectivity index (χ1v) is 10.7. The standard InChI is InChI=1S/C18H16N2O5S2/c1-11(17(21)12-3-6-14(7-4-12)20-27(2,23)24)25-18(22)13-5-8-15-16(9-13)26-10-19-15/h3-11,20H,1-2H3/t11-/m0/s1. The van der Waals surface area contributed by atoms with Gasteiger partial charge in [0.2, 0.25) is 15.8 Å². The molecule has 140 valence electrons. The summed E-state index contributed by atoms with van der Waals surface area (Å²) in [6.07, 6.45) is 0.0559. The maximum absolute atomic E-state index is 12.5. The van der Waals surface area contributed by atoms with Gasteiger partial charge in [-0.25, -0.2) is 18.2 Å². The highest BCUT2D eigenvalue weighted by molar-refractivity contribution is 7.92. The number of nitrogens with zero attached hydrogens (tertiary/aromatic N) is 1. The van der Waals surface area contributed by atoms with Crippen LogP contribution < -0.4 is 4.72 Å². The molecule has 0 fully saturated rings. The number of thiazole rings is 1. The monoisotopic (exact) mass is 404 g/mol. The summed E-state index contributed by atoms with van der Waals surface area (Å²) < 4.78 is 30.9. The van der Waals surface area contributed by atoms with Crippen molar-refractivity contribution in [1.82, 2.24) is 4.98 Å². The van der Waals surface area contributed by atoms with Gasteiger partial charge < -0.3 is 4.74 Å². The maximum Gasteiger partial charge on any atom is 0.338 e. The molecule has 1 atom stereocenters. The van der Waals surface area contributed by atoms with Crippen LogP contribution in [0.5, 0.6) is 0 Å². The number of benzene rings is 2. The molecule has 7 nitrogen and oxygen atoms in total. The molecule has 0 aliphatic carbocycles. The molecule has 0 aliphatic rings. The quantitative estimate of drug-likeness (QED) is 0.500. The minimum Gasteiger partial charge on any atom is -0.451 e. The zero-order valence-corrected chi connectivity index (χ0v) is 16.1. The molecule has 0 unspecified atom stereocenters. The largest absolute Gasteiger partial charge is 0.451 e. The average Bonchev–Trinajstić information content (AvgIpc) is 3.08. The summed E-state index contributed by atoms with van der Waals surface area (Å²) in [4.78, 5) is 28.9. The number of ketones is 1. The molecule has 0 bridgehead atoms. The lowest BCUT2D eigenvalue weighted by atomic mass is 10.1. The van der Waals surface area contributed by atoms with Crippen molar-refractivity contribution in [3.05, 3.63) is 59.1 Å². The smallest absolute Gasteiger partial charge is 0.338 e. The van der Waals surface area contributed by atoms with Crippen LogP contribution in [0.1, 0.15) is 27.6 Å². The van der Waals surface area contributed by atoms with E-state index in [1.54, 1.807) is 23.7 Å². The number of hydrogen-bond acceptors (Lipinski definition) is 7. The number of esters is 1. The summed E-state index contributed by atoms with van der Waals surface area (Å²) in [5.74, 6) is -0.977.